The highest BCUT2D eigenvalue weighted by molar-refractivity contribution is 6.10. The van der Waals surface area contributed by atoms with Crippen molar-refractivity contribution >= 4 is 29.2 Å². The van der Waals surface area contributed by atoms with Crippen LogP contribution in [0, 0.1) is 21.8 Å². The zero-order valence-electron chi connectivity index (χ0n) is 14.7. The monoisotopic (exact) mass is 378 g/mol. The van der Waals surface area contributed by atoms with E-state index in [1.54, 1.807) is 0 Å². The number of anilines is 1. The number of amides is 4. The first-order valence-electron chi connectivity index (χ1n) is 8.62. The average Bonchev–Trinajstić information content (AvgIpc) is 2.84. The highest BCUT2D eigenvalue weighted by Gasteiger charge is 2.55. The number of nitrogens with one attached hydrogen (secondary N) is 2. The van der Waals surface area contributed by atoms with E-state index in [0.717, 1.165) is 42.4 Å². The third kappa shape index (κ3) is 3.34. The van der Waals surface area contributed by atoms with E-state index in [1.165, 1.54) is 0 Å². The molecule has 2 fully saturated rings. The summed E-state index contributed by atoms with van der Waals surface area (Å²) in [5, 5.41) is 15.7. The minimum absolute atomic E-state index is 0.0509. The molecule has 144 valence electrons. The van der Waals surface area contributed by atoms with Crippen molar-refractivity contribution in [2.75, 3.05) is 11.9 Å². The van der Waals surface area contributed by atoms with Crippen LogP contribution in [0.5, 0.6) is 0 Å². The molecule has 1 aromatic carbocycles. The third-order valence-electron chi connectivity index (χ3n) is 5.24. The third-order valence-corrected chi connectivity index (χ3v) is 5.24. The number of nitrogens with zero attached hydrogens (tertiary/aromatic N) is 2. The number of imide groups is 1. The molecule has 0 aromatic heterocycles. The quantitative estimate of drug-likeness (QED) is 0.472. The van der Waals surface area contributed by atoms with Gasteiger partial charge in [-0.25, -0.2) is 9.18 Å². The Kier molecular flexibility index (Phi) is 4.81. The fourth-order valence-electron chi connectivity index (χ4n) is 3.69. The fourth-order valence-corrected chi connectivity index (χ4v) is 3.69. The molecule has 1 spiro atoms. The maximum atomic E-state index is 13.8. The zero-order valence-corrected chi connectivity index (χ0v) is 14.7. The highest BCUT2D eigenvalue weighted by atomic mass is 19.1. The Morgan fingerprint density at radius 2 is 2.19 bits per heavy atom. The van der Waals surface area contributed by atoms with Crippen molar-refractivity contribution in [3.8, 4) is 0 Å². The maximum absolute atomic E-state index is 13.8. The van der Waals surface area contributed by atoms with Gasteiger partial charge < -0.3 is 10.6 Å². The summed E-state index contributed by atoms with van der Waals surface area (Å²) >= 11 is 0. The number of hydrogen-bond acceptors (Lipinski definition) is 5. The Hall–Kier alpha value is -3.04. The molecule has 2 N–H and O–H groups in total. The van der Waals surface area contributed by atoms with Crippen LogP contribution in [-0.2, 0) is 9.59 Å². The molecule has 1 heterocycles. The lowest BCUT2D eigenvalue weighted by atomic mass is 9.73. The van der Waals surface area contributed by atoms with Gasteiger partial charge in [-0.15, -0.1) is 0 Å². The van der Waals surface area contributed by atoms with E-state index in [1.807, 2.05) is 6.92 Å². The van der Waals surface area contributed by atoms with Gasteiger partial charge in [0.15, 0.2) is 0 Å². The molecule has 2 atom stereocenters. The molecule has 2 aliphatic rings. The first-order valence-corrected chi connectivity index (χ1v) is 8.62. The fraction of sp³-hybridized carbons (Fsp3) is 0.471. The van der Waals surface area contributed by atoms with Crippen molar-refractivity contribution in [3.05, 3.63) is 34.1 Å². The summed E-state index contributed by atoms with van der Waals surface area (Å²) in [6.45, 7) is 1.29. The summed E-state index contributed by atoms with van der Waals surface area (Å²) < 4.78 is 13.8. The Bertz CT molecular complexity index is 830. The van der Waals surface area contributed by atoms with Gasteiger partial charge in [0.25, 0.3) is 11.6 Å². The number of nitro benzene ring substituents is 1. The van der Waals surface area contributed by atoms with Crippen LogP contribution in [0.15, 0.2) is 18.2 Å². The Balaban J connectivity index is 1.73. The van der Waals surface area contributed by atoms with Gasteiger partial charge in [0.2, 0.25) is 5.91 Å². The minimum Gasteiger partial charge on any atom is -0.323 e. The van der Waals surface area contributed by atoms with Gasteiger partial charge >= 0.3 is 6.03 Å². The number of non-ortho nitro benzene ring substituents is 1. The molecular formula is C17H19FN4O5. The molecule has 1 aromatic rings. The molecule has 10 heteroatoms. The van der Waals surface area contributed by atoms with Crippen molar-refractivity contribution < 1.29 is 23.7 Å². The molecule has 1 aliphatic carbocycles. The first kappa shape index (κ1) is 18.7. The van der Waals surface area contributed by atoms with Crippen molar-refractivity contribution in [1.29, 1.82) is 0 Å². The summed E-state index contributed by atoms with van der Waals surface area (Å²) in [5.41, 5.74) is -1.77. The van der Waals surface area contributed by atoms with E-state index in [4.69, 9.17) is 0 Å². The van der Waals surface area contributed by atoms with E-state index in [0.29, 0.717) is 6.42 Å². The molecule has 27 heavy (non-hydrogen) atoms. The summed E-state index contributed by atoms with van der Waals surface area (Å²) in [5.74, 6) is -2.19. The molecule has 0 bridgehead atoms. The van der Waals surface area contributed by atoms with E-state index in [9.17, 15) is 28.9 Å². The van der Waals surface area contributed by atoms with Gasteiger partial charge in [-0.2, -0.15) is 0 Å². The second kappa shape index (κ2) is 6.93. The van der Waals surface area contributed by atoms with E-state index in [-0.39, 0.29) is 11.6 Å². The van der Waals surface area contributed by atoms with Crippen LogP contribution < -0.4 is 10.6 Å². The van der Waals surface area contributed by atoms with Gasteiger partial charge in [0, 0.05) is 12.1 Å². The van der Waals surface area contributed by atoms with Crippen molar-refractivity contribution in [2.24, 2.45) is 5.92 Å². The lowest BCUT2D eigenvalue weighted by molar-refractivity contribution is -0.384. The SMILES string of the molecule is C[C@H]1CCCC[C@@]12NC(=O)N(CC(=O)Nc1cc([N+](=O)[O-])ccc1F)C2=O. The van der Waals surface area contributed by atoms with Crippen LogP contribution in [0.3, 0.4) is 0 Å². The molecule has 0 radical (unpaired) electrons. The normalized spacial score (nSPS) is 24.8. The standard InChI is InChI=1S/C17H19FN4O5/c1-10-4-2-3-7-17(10)15(24)21(16(25)20-17)9-14(23)19-13-8-11(22(26)27)5-6-12(13)18/h5-6,8,10H,2-4,7,9H2,1H3,(H,19,23)(H,20,25)/t10-,17+/m0/s1. The predicted octanol–water partition coefficient (Wildman–Crippen LogP) is 2.17. The van der Waals surface area contributed by atoms with Gasteiger partial charge in [-0.1, -0.05) is 19.8 Å². The molecule has 4 amide bonds. The van der Waals surface area contributed by atoms with Gasteiger partial charge in [-0.3, -0.25) is 24.6 Å². The van der Waals surface area contributed by atoms with Crippen LogP contribution >= 0.6 is 0 Å². The van der Waals surface area contributed by atoms with E-state index < -0.39 is 46.4 Å². The lowest BCUT2D eigenvalue weighted by Gasteiger charge is -2.36. The molecule has 1 saturated heterocycles. The van der Waals surface area contributed by atoms with Crippen LogP contribution in [-0.4, -0.2) is 39.8 Å². The number of rotatable bonds is 4. The minimum atomic E-state index is -0.994. The maximum Gasteiger partial charge on any atom is 0.325 e. The molecule has 3 rings (SSSR count). The van der Waals surface area contributed by atoms with Gasteiger partial charge in [-0.05, 0) is 24.8 Å². The van der Waals surface area contributed by atoms with Gasteiger partial charge in [0.05, 0.1) is 10.6 Å². The highest BCUT2D eigenvalue weighted by Crippen LogP contribution is 2.38. The van der Waals surface area contributed by atoms with Crippen LogP contribution in [0.25, 0.3) is 0 Å². The van der Waals surface area contributed by atoms with Gasteiger partial charge in [0.1, 0.15) is 17.9 Å². The second-order valence-corrected chi connectivity index (χ2v) is 6.91. The number of urea groups is 1. The Labute approximate surface area is 154 Å². The Morgan fingerprint density at radius 3 is 2.85 bits per heavy atom. The van der Waals surface area contributed by atoms with Crippen LogP contribution in [0.4, 0.5) is 20.6 Å². The largest absolute Gasteiger partial charge is 0.325 e. The predicted molar refractivity (Wildman–Crippen MR) is 92.3 cm³/mol. The molecular weight excluding hydrogens is 359 g/mol. The van der Waals surface area contributed by atoms with E-state index in [2.05, 4.69) is 10.6 Å². The molecule has 0 unspecified atom stereocenters. The number of benzene rings is 1. The summed E-state index contributed by atoms with van der Waals surface area (Å²) in [6.07, 6.45) is 3.08. The smallest absolute Gasteiger partial charge is 0.323 e. The zero-order chi connectivity index (χ0) is 19.8. The number of carbonyl (C=O) groups is 3. The summed E-state index contributed by atoms with van der Waals surface area (Å²) in [4.78, 5) is 48.1. The number of carbonyl (C=O) groups excluding carboxylic acids is 3. The Morgan fingerprint density at radius 1 is 1.44 bits per heavy atom. The van der Waals surface area contributed by atoms with Crippen LogP contribution in [0.1, 0.15) is 32.6 Å². The second-order valence-electron chi connectivity index (χ2n) is 6.91. The first-order chi connectivity index (χ1) is 12.7. The number of hydrogen-bond donors (Lipinski definition) is 2. The lowest BCUT2D eigenvalue weighted by Crippen LogP contribution is -2.54. The molecule has 1 saturated carbocycles. The average molecular weight is 378 g/mol. The van der Waals surface area contributed by atoms with Crippen molar-refractivity contribution in [3.63, 3.8) is 0 Å². The number of halogens is 1. The van der Waals surface area contributed by atoms with Crippen molar-refractivity contribution in [2.45, 2.75) is 38.1 Å². The van der Waals surface area contributed by atoms with Crippen LogP contribution in [0.2, 0.25) is 0 Å². The topological polar surface area (TPSA) is 122 Å². The number of nitro groups is 1. The molecule has 1 aliphatic heterocycles. The molecule has 9 nitrogen and oxygen atoms in total. The summed E-state index contributed by atoms with van der Waals surface area (Å²) in [7, 11) is 0. The van der Waals surface area contributed by atoms with E-state index >= 15 is 0 Å². The summed E-state index contributed by atoms with van der Waals surface area (Å²) in [6, 6.07) is 2.05. The van der Waals surface area contributed by atoms with Crippen molar-refractivity contribution in [1.82, 2.24) is 10.2 Å².